The van der Waals surface area contributed by atoms with Gasteiger partial charge in [-0.05, 0) is 44.4 Å². The van der Waals surface area contributed by atoms with Crippen LogP contribution in [0.4, 0.5) is 5.69 Å². The summed E-state index contributed by atoms with van der Waals surface area (Å²) in [6.07, 6.45) is 0.447. The van der Waals surface area contributed by atoms with Crippen LogP contribution < -0.4 is 0 Å². The number of methoxy groups -OCH3 is 1. The molecule has 0 bridgehead atoms. The van der Waals surface area contributed by atoms with Crippen LogP contribution in [0.1, 0.15) is 23.6 Å². The predicted octanol–water partition coefficient (Wildman–Crippen LogP) is 2.69. The lowest BCUT2D eigenvalue weighted by atomic mass is 9.97. The van der Waals surface area contributed by atoms with Gasteiger partial charge in [0.15, 0.2) is 4.90 Å². The maximum atomic E-state index is 13.3. The Morgan fingerprint density at radius 1 is 1.21 bits per heavy atom. The number of nitro benzene ring substituents is 1. The van der Waals surface area contributed by atoms with E-state index in [4.69, 9.17) is 4.74 Å². The first kappa shape index (κ1) is 24.8. The van der Waals surface area contributed by atoms with E-state index in [2.05, 4.69) is 6.07 Å². The number of rotatable bonds is 7. The van der Waals surface area contributed by atoms with E-state index >= 15 is 0 Å². The van der Waals surface area contributed by atoms with Crippen LogP contribution in [-0.4, -0.2) is 67.3 Å². The van der Waals surface area contributed by atoms with Crippen molar-refractivity contribution in [3.8, 4) is 0 Å². The van der Waals surface area contributed by atoms with Crippen molar-refractivity contribution in [1.29, 1.82) is 0 Å². The van der Waals surface area contributed by atoms with E-state index in [0.717, 1.165) is 16.7 Å². The Hall–Kier alpha value is -2.82. The highest BCUT2D eigenvalue weighted by atomic mass is 32.2. The summed E-state index contributed by atoms with van der Waals surface area (Å²) < 4.78 is 32.9. The molecule has 2 aromatic carbocycles. The molecule has 1 heterocycles. The summed E-state index contributed by atoms with van der Waals surface area (Å²) >= 11 is 0. The maximum Gasteiger partial charge on any atom is 0.323 e. The van der Waals surface area contributed by atoms with E-state index in [1.165, 1.54) is 35.7 Å². The fraction of sp³-hybridized carbons (Fsp3) is 0.435. The monoisotopic (exact) mass is 475 g/mol. The lowest BCUT2D eigenvalue weighted by molar-refractivity contribution is -0.387. The van der Waals surface area contributed by atoms with Crippen molar-refractivity contribution in [2.75, 3.05) is 26.7 Å². The Balaban J connectivity index is 1.84. The van der Waals surface area contributed by atoms with Crippen molar-refractivity contribution in [1.82, 2.24) is 9.21 Å². The van der Waals surface area contributed by atoms with Gasteiger partial charge in [-0.15, -0.1) is 0 Å². The van der Waals surface area contributed by atoms with Gasteiger partial charge in [-0.25, -0.2) is 8.42 Å². The van der Waals surface area contributed by atoms with E-state index in [1.54, 1.807) is 6.92 Å². The van der Waals surface area contributed by atoms with Crippen LogP contribution in [0.2, 0.25) is 0 Å². The van der Waals surface area contributed by atoms with Gasteiger partial charge in [0.25, 0.3) is 5.69 Å². The number of para-hydroxylation sites is 1. The minimum absolute atomic E-state index is 0.107. The molecule has 0 unspecified atom stereocenters. The van der Waals surface area contributed by atoms with Gasteiger partial charge in [-0.1, -0.05) is 35.9 Å². The fourth-order valence-corrected chi connectivity index (χ4v) is 6.11. The van der Waals surface area contributed by atoms with Crippen LogP contribution in [0, 0.1) is 24.0 Å². The van der Waals surface area contributed by atoms with Crippen LogP contribution >= 0.6 is 0 Å². The lowest BCUT2D eigenvalue weighted by Crippen LogP contribution is -2.58. The summed E-state index contributed by atoms with van der Waals surface area (Å²) in [4.78, 5) is 24.9. The van der Waals surface area contributed by atoms with Gasteiger partial charge < -0.3 is 4.74 Å². The highest BCUT2D eigenvalue weighted by molar-refractivity contribution is 7.89. The normalized spacial score (nSPS) is 18.6. The van der Waals surface area contributed by atoms with Gasteiger partial charge >= 0.3 is 5.97 Å². The van der Waals surface area contributed by atoms with Crippen LogP contribution in [0.15, 0.2) is 47.4 Å². The molecule has 0 radical (unpaired) electrons. The van der Waals surface area contributed by atoms with Crippen LogP contribution in [0.25, 0.3) is 0 Å². The molecule has 3 rings (SSSR count). The number of hydrogen-bond donors (Lipinski definition) is 0. The van der Waals surface area contributed by atoms with E-state index in [-0.39, 0.29) is 17.4 Å². The molecule has 9 nitrogen and oxygen atoms in total. The molecular formula is C23H29N3O6S. The Kier molecular flexibility index (Phi) is 7.51. The number of carbonyl (C=O) groups is 1. The quantitative estimate of drug-likeness (QED) is 0.344. The fourth-order valence-electron chi connectivity index (χ4n) is 4.34. The lowest BCUT2D eigenvalue weighted by Gasteiger charge is -2.41. The molecule has 0 saturated carbocycles. The van der Waals surface area contributed by atoms with Gasteiger partial charge in [-0.2, -0.15) is 4.31 Å². The molecule has 178 valence electrons. The molecule has 2 aromatic rings. The van der Waals surface area contributed by atoms with Crippen molar-refractivity contribution in [3.63, 3.8) is 0 Å². The Labute approximate surface area is 194 Å². The first-order chi connectivity index (χ1) is 15.6. The zero-order chi connectivity index (χ0) is 24.3. The SMILES string of the molecule is COC(=O)[C@H](Cc1ccc(C)cc1C)N1CCN(S(=O)(=O)c2ccccc2[N+](=O)[O-])[C@@H](C)C1. The minimum atomic E-state index is -4.08. The number of nitrogens with zero attached hydrogens (tertiary/aromatic N) is 3. The second-order valence-electron chi connectivity index (χ2n) is 8.36. The smallest absolute Gasteiger partial charge is 0.323 e. The number of aryl methyl sites for hydroxylation is 2. The van der Waals surface area contributed by atoms with Gasteiger partial charge in [0.2, 0.25) is 10.0 Å². The standard InChI is InChI=1S/C23H29N3O6S/c1-16-9-10-19(17(2)13-16)14-21(23(27)32-4)24-11-12-25(18(3)15-24)33(30,31)22-8-6-5-7-20(22)26(28)29/h5-10,13,18,21H,11-12,14-15H2,1-4H3/t18-,21-/m0/s1. The third-order valence-corrected chi connectivity index (χ3v) is 8.13. The van der Waals surface area contributed by atoms with Gasteiger partial charge in [-0.3, -0.25) is 19.8 Å². The minimum Gasteiger partial charge on any atom is -0.468 e. The van der Waals surface area contributed by atoms with Gasteiger partial charge in [0.1, 0.15) is 6.04 Å². The molecule has 0 spiro atoms. The molecule has 33 heavy (non-hydrogen) atoms. The van der Waals surface area contributed by atoms with Crippen molar-refractivity contribution < 1.29 is 22.9 Å². The zero-order valence-corrected chi connectivity index (χ0v) is 20.0. The van der Waals surface area contributed by atoms with E-state index in [0.29, 0.717) is 19.5 Å². The van der Waals surface area contributed by atoms with Crippen molar-refractivity contribution >= 4 is 21.7 Å². The highest BCUT2D eigenvalue weighted by Gasteiger charge is 2.40. The summed E-state index contributed by atoms with van der Waals surface area (Å²) in [7, 11) is -2.74. The number of piperazine rings is 1. The first-order valence-electron chi connectivity index (χ1n) is 10.7. The molecule has 1 aliphatic heterocycles. The Morgan fingerprint density at radius 3 is 2.52 bits per heavy atom. The summed E-state index contributed by atoms with van der Waals surface area (Å²) in [6.45, 7) is 6.45. The van der Waals surface area contributed by atoms with E-state index in [1.807, 2.05) is 30.9 Å². The Morgan fingerprint density at radius 2 is 1.91 bits per heavy atom. The molecule has 10 heteroatoms. The summed E-state index contributed by atoms with van der Waals surface area (Å²) in [5.41, 5.74) is 2.79. The topological polar surface area (TPSA) is 110 Å². The third kappa shape index (κ3) is 5.23. The molecule has 0 amide bonds. The first-order valence-corrected chi connectivity index (χ1v) is 12.1. The zero-order valence-electron chi connectivity index (χ0n) is 19.2. The molecule has 1 saturated heterocycles. The van der Waals surface area contributed by atoms with Crippen molar-refractivity contribution in [2.45, 2.75) is 44.2 Å². The second kappa shape index (κ2) is 9.98. The number of esters is 1. The number of carbonyl (C=O) groups excluding carboxylic acids is 1. The molecular weight excluding hydrogens is 446 g/mol. The number of hydrogen-bond acceptors (Lipinski definition) is 7. The molecule has 0 aliphatic carbocycles. The van der Waals surface area contributed by atoms with E-state index < -0.39 is 32.7 Å². The number of nitro groups is 1. The van der Waals surface area contributed by atoms with Gasteiger partial charge in [0, 0.05) is 31.7 Å². The summed E-state index contributed by atoms with van der Waals surface area (Å²) in [6, 6.07) is 10.4. The maximum absolute atomic E-state index is 13.3. The van der Waals surface area contributed by atoms with Crippen LogP contribution in [0.5, 0.6) is 0 Å². The Bertz CT molecular complexity index is 1150. The average molecular weight is 476 g/mol. The van der Waals surface area contributed by atoms with E-state index in [9.17, 15) is 23.3 Å². The number of benzene rings is 2. The van der Waals surface area contributed by atoms with Crippen molar-refractivity contribution in [3.05, 3.63) is 69.3 Å². The second-order valence-corrected chi connectivity index (χ2v) is 10.2. The van der Waals surface area contributed by atoms with Crippen LogP contribution in [-0.2, 0) is 26.0 Å². The molecule has 2 atom stereocenters. The number of ether oxygens (including phenoxy) is 1. The molecule has 1 aliphatic rings. The molecule has 0 aromatic heterocycles. The average Bonchev–Trinajstić information content (AvgIpc) is 2.77. The largest absolute Gasteiger partial charge is 0.468 e. The highest BCUT2D eigenvalue weighted by Crippen LogP contribution is 2.29. The summed E-state index contributed by atoms with van der Waals surface area (Å²) in [5, 5.41) is 11.4. The molecule has 1 fully saturated rings. The van der Waals surface area contributed by atoms with Crippen molar-refractivity contribution in [2.24, 2.45) is 0 Å². The predicted molar refractivity (Wildman–Crippen MR) is 123 cm³/mol. The molecule has 0 N–H and O–H groups in total. The van der Waals surface area contributed by atoms with Gasteiger partial charge in [0.05, 0.1) is 12.0 Å². The third-order valence-electron chi connectivity index (χ3n) is 6.07. The summed E-state index contributed by atoms with van der Waals surface area (Å²) in [5.74, 6) is -0.378. The number of sulfonamides is 1. The van der Waals surface area contributed by atoms with Crippen LogP contribution in [0.3, 0.4) is 0 Å².